The number of amides is 1. The molecule has 0 unspecified atom stereocenters. The Morgan fingerprint density at radius 2 is 1.86 bits per heavy atom. The van der Waals surface area contributed by atoms with E-state index in [2.05, 4.69) is 15.0 Å². The molecular formula is C18H17F4N5O. The molecule has 1 aromatic carbocycles. The van der Waals surface area contributed by atoms with Gasteiger partial charge in [0.2, 0.25) is 0 Å². The third-order valence-corrected chi connectivity index (χ3v) is 4.25. The van der Waals surface area contributed by atoms with Crippen LogP contribution in [-0.4, -0.2) is 43.6 Å². The fourth-order valence-electron chi connectivity index (χ4n) is 2.78. The second-order valence-corrected chi connectivity index (χ2v) is 6.46. The van der Waals surface area contributed by atoms with Crippen LogP contribution in [0.2, 0.25) is 0 Å². The van der Waals surface area contributed by atoms with E-state index >= 15 is 0 Å². The number of fused-ring (bicyclic) bond motifs is 1. The summed E-state index contributed by atoms with van der Waals surface area (Å²) in [6.07, 6.45) is -1.99. The lowest BCUT2D eigenvalue weighted by Crippen LogP contribution is -2.29. The van der Waals surface area contributed by atoms with E-state index in [1.807, 2.05) is 0 Å². The van der Waals surface area contributed by atoms with Crippen LogP contribution in [0.15, 0.2) is 24.5 Å². The Hall–Kier alpha value is -3.04. The molecule has 0 radical (unpaired) electrons. The Morgan fingerprint density at radius 1 is 1.18 bits per heavy atom. The van der Waals surface area contributed by atoms with Crippen LogP contribution in [0, 0.1) is 19.7 Å². The predicted molar refractivity (Wildman–Crippen MR) is 93.0 cm³/mol. The van der Waals surface area contributed by atoms with Gasteiger partial charge in [0.15, 0.2) is 0 Å². The van der Waals surface area contributed by atoms with Gasteiger partial charge >= 0.3 is 6.18 Å². The molecule has 0 aliphatic rings. The van der Waals surface area contributed by atoms with Gasteiger partial charge in [0.25, 0.3) is 5.91 Å². The second kappa shape index (κ2) is 7.17. The van der Waals surface area contributed by atoms with E-state index in [0.29, 0.717) is 11.4 Å². The van der Waals surface area contributed by atoms with Crippen molar-refractivity contribution in [2.45, 2.75) is 33.1 Å². The molecule has 6 nitrogen and oxygen atoms in total. The molecule has 2 heterocycles. The highest BCUT2D eigenvalue weighted by Crippen LogP contribution is 2.22. The third-order valence-electron chi connectivity index (χ3n) is 4.25. The molecule has 0 spiro atoms. The number of carbonyl (C=O) groups excluding carboxylic acids is 1. The number of imidazole rings is 1. The standard InChI is InChI=1S/C18H17F4N5O/c1-10-11(2)25-16-13(6-12(19)7-14(16)24-10)17(28)26(3)8-15-23-4-5-27(15)9-18(20,21)22/h4-7H,8-9H2,1-3H3. The molecule has 0 saturated carbocycles. The Kier molecular flexibility index (Phi) is 5.05. The molecule has 0 bridgehead atoms. The molecule has 0 saturated heterocycles. The number of benzene rings is 1. The number of rotatable bonds is 4. The van der Waals surface area contributed by atoms with E-state index in [0.717, 1.165) is 10.6 Å². The van der Waals surface area contributed by atoms with E-state index in [1.165, 1.54) is 30.4 Å². The maximum Gasteiger partial charge on any atom is 0.406 e. The summed E-state index contributed by atoms with van der Waals surface area (Å²) in [6.45, 7) is 2.05. The molecule has 0 atom stereocenters. The fourth-order valence-corrected chi connectivity index (χ4v) is 2.78. The number of halogens is 4. The Balaban J connectivity index is 1.93. The number of aryl methyl sites for hydroxylation is 2. The Bertz CT molecular complexity index is 1040. The molecule has 3 rings (SSSR count). The van der Waals surface area contributed by atoms with Crippen LogP contribution in [0.25, 0.3) is 11.0 Å². The molecule has 0 aliphatic heterocycles. The van der Waals surface area contributed by atoms with E-state index in [-0.39, 0.29) is 29.0 Å². The van der Waals surface area contributed by atoms with Crippen LogP contribution in [0.3, 0.4) is 0 Å². The van der Waals surface area contributed by atoms with Gasteiger partial charge in [-0.2, -0.15) is 13.2 Å². The first-order chi connectivity index (χ1) is 13.0. The van der Waals surface area contributed by atoms with Crippen molar-refractivity contribution in [1.29, 1.82) is 0 Å². The monoisotopic (exact) mass is 395 g/mol. The van der Waals surface area contributed by atoms with E-state index in [1.54, 1.807) is 13.8 Å². The summed E-state index contributed by atoms with van der Waals surface area (Å²) in [6, 6.07) is 2.23. The molecule has 10 heteroatoms. The summed E-state index contributed by atoms with van der Waals surface area (Å²) in [5.74, 6) is -1.18. The van der Waals surface area contributed by atoms with Crippen molar-refractivity contribution in [3.63, 3.8) is 0 Å². The minimum absolute atomic E-state index is 0.0120. The zero-order valence-corrected chi connectivity index (χ0v) is 15.4. The van der Waals surface area contributed by atoms with Crippen LogP contribution < -0.4 is 0 Å². The SMILES string of the molecule is Cc1nc2cc(F)cc(C(=O)N(C)Cc3nccn3CC(F)(F)F)c2nc1C. The van der Waals surface area contributed by atoms with Gasteiger partial charge in [0, 0.05) is 25.5 Å². The normalized spacial score (nSPS) is 11.8. The Morgan fingerprint density at radius 3 is 2.54 bits per heavy atom. The number of alkyl halides is 3. The Labute approximate surface area is 157 Å². The molecule has 2 aromatic heterocycles. The van der Waals surface area contributed by atoms with Crippen molar-refractivity contribution in [3.05, 3.63) is 53.1 Å². The minimum Gasteiger partial charge on any atom is -0.334 e. The van der Waals surface area contributed by atoms with Gasteiger partial charge in [-0.1, -0.05) is 0 Å². The summed E-state index contributed by atoms with van der Waals surface area (Å²) in [5, 5.41) is 0. The molecule has 1 amide bonds. The van der Waals surface area contributed by atoms with Gasteiger partial charge in [0.05, 0.1) is 29.0 Å². The lowest BCUT2D eigenvalue weighted by molar-refractivity contribution is -0.141. The minimum atomic E-state index is -4.41. The summed E-state index contributed by atoms with van der Waals surface area (Å²) in [5.41, 5.74) is 1.66. The summed E-state index contributed by atoms with van der Waals surface area (Å²) >= 11 is 0. The van der Waals surface area contributed by atoms with Crippen LogP contribution in [0.4, 0.5) is 17.6 Å². The number of nitrogens with zero attached hydrogens (tertiary/aromatic N) is 5. The second-order valence-electron chi connectivity index (χ2n) is 6.46. The number of hydrogen-bond donors (Lipinski definition) is 0. The molecular weight excluding hydrogens is 378 g/mol. The van der Waals surface area contributed by atoms with Crippen LogP contribution in [0.5, 0.6) is 0 Å². The zero-order valence-electron chi connectivity index (χ0n) is 15.4. The smallest absolute Gasteiger partial charge is 0.334 e. The first-order valence-corrected chi connectivity index (χ1v) is 8.32. The van der Waals surface area contributed by atoms with Crippen LogP contribution in [-0.2, 0) is 13.1 Å². The molecule has 0 aliphatic carbocycles. The molecule has 0 fully saturated rings. The van der Waals surface area contributed by atoms with E-state index < -0.39 is 24.4 Å². The van der Waals surface area contributed by atoms with Gasteiger partial charge in [-0.05, 0) is 19.9 Å². The largest absolute Gasteiger partial charge is 0.406 e. The maximum atomic E-state index is 14.0. The summed E-state index contributed by atoms with van der Waals surface area (Å²) < 4.78 is 52.9. The molecule has 3 aromatic rings. The highest BCUT2D eigenvalue weighted by atomic mass is 19.4. The average Bonchev–Trinajstić information content (AvgIpc) is 3.00. The highest BCUT2D eigenvalue weighted by molar-refractivity contribution is 6.04. The van der Waals surface area contributed by atoms with Crippen molar-refractivity contribution in [3.8, 4) is 0 Å². The fraction of sp³-hybridized carbons (Fsp3) is 0.333. The lowest BCUT2D eigenvalue weighted by atomic mass is 10.1. The van der Waals surface area contributed by atoms with Crippen molar-refractivity contribution in [1.82, 2.24) is 24.4 Å². The zero-order chi connectivity index (χ0) is 20.6. The third kappa shape index (κ3) is 4.10. The van der Waals surface area contributed by atoms with Crippen molar-refractivity contribution >= 4 is 16.9 Å². The van der Waals surface area contributed by atoms with Crippen molar-refractivity contribution in [2.75, 3.05) is 7.05 Å². The number of hydrogen-bond acceptors (Lipinski definition) is 4. The molecule has 28 heavy (non-hydrogen) atoms. The first kappa shape index (κ1) is 19.7. The van der Waals surface area contributed by atoms with Crippen LogP contribution >= 0.6 is 0 Å². The number of aromatic nitrogens is 4. The summed E-state index contributed by atoms with van der Waals surface area (Å²) in [7, 11) is 1.40. The molecule has 0 N–H and O–H groups in total. The number of carbonyl (C=O) groups is 1. The topological polar surface area (TPSA) is 63.9 Å². The highest BCUT2D eigenvalue weighted by Gasteiger charge is 2.29. The van der Waals surface area contributed by atoms with Crippen LogP contribution in [0.1, 0.15) is 27.6 Å². The van der Waals surface area contributed by atoms with Crippen molar-refractivity contribution < 1.29 is 22.4 Å². The van der Waals surface area contributed by atoms with E-state index in [4.69, 9.17) is 0 Å². The quantitative estimate of drug-likeness (QED) is 0.635. The first-order valence-electron chi connectivity index (χ1n) is 8.32. The average molecular weight is 395 g/mol. The van der Waals surface area contributed by atoms with Gasteiger partial charge in [-0.3, -0.25) is 4.79 Å². The van der Waals surface area contributed by atoms with Gasteiger partial charge in [-0.15, -0.1) is 0 Å². The van der Waals surface area contributed by atoms with E-state index in [9.17, 15) is 22.4 Å². The maximum absolute atomic E-state index is 14.0. The lowest BCUT2D eigenvalue weighted by Gasteiger charge is -2.19. The van der Waals surface area contributed by atoms with Gasteiger partial charge in [-0.25, -0.2) is 19.3 Å². The summed E-state index contributed by atoms with van der Waals surface area (Å²) in [4.78, 5) is 26.5. The molecule has 148 valence electrons. The van der Waals surface area contributed by atoms with Crippen molar-refractivity contribution in [2.24, 2.45) is 0 Å². The van der Waals surface area contributed by atoms with Gasteiger partial charge in [0.1, 0.15) is 23.7 Å². The van der Waals surface area contributed by atoms with Gasteiger partial charge < -0.3 is 9.47 Å². The predicted octanol–water partition coefficient (Wildman–Crippen LogP) is 3.42.